The first-order valence-electron chi connectivity index (χ1n) is 10.7. The Morgan fingerprint density at radius 3 is 2.71 bits per heavy atom. The highest BCUT2D eigenvalue weighted by Gasteiger charge is 2.42. The largest absolute Gasteiger partial charge is 0.397 e. The third-order valence-electron chi connectivity index (χ3n) is 6.38. The van der Waals surface area contributed by atoms with Crippen LogP contribution in [-0.4, -0.2) is 41.0 Å². The molecule has 31 heavy (non-hydrogen) atoms. The van der Waals surface area contributed by atoms with Gasteiger partial charge in [-0.3, -0.25) is 4.79 Å². The molecule has 160 valence electrons. The topological polar surface area (TPSA) is 96.2 Å². The van der Waals surface area contributed by atoms with Gasteiger partial charge in [0.15, 0.2) is 0 Å². The molecule has 0 unspecified atom stereocenters. The Bertz CT molecular complexity index is 1060. The smallest absolute Gasteiger partial charge is 0.258 e. The number of benzene rings is 1. The van der Waals surface area contributed by atoms with E-state index in [4.69, 9.17) is 5.73 Å². The van der Waals surface area contributed by atoms with Gasteiger partial charge >= 0.3 is 0 Å². The minimum Gasteiger partial charge on any atom is -0.397 e. The number of piperidine rings is 1. The summed E-state index contributed by atoms with van der Waals surface area (Å²) in [5.41, 5.74) is 8.81. The standard InChI is InChI=1S/C23H26N6OS/c24-18-5-4-16(20-3-1-12-31-20)13-19(18)28-21(30)17-14-26-22(27-15-17)29-11-2-6-23(29)7-9-25-10-8-23/h1,3-5,12-15,25H,2,6-11,24H2,(H,28,30). The van der Waals surface area contributed by atoms with Gasteiger partial charge < -0.3 is 21.3 Å². The number of rotatable bonds is 4. The molecular formula is C23H26N6OS. The summed E-state index contributed by atoms with van der Waals surface area (Å²) in [6.07, 6.45) is 7.79. The van der Waals surface area contributed by atoms with E-state index < -0.39 is 0 Å². The molecule has 7 nitrogen and oxygen atoms in total. The van der Waals surface area contributed by atoms with Crippen LogP contribution in [0.3, 0.4) is 0 Å². The Balaban J connectivity index is 1.32. The Labute approximate surface area is 185 Å². The van der Waals surface area contributed by atoms with Crippen molar-refractivity contribution in [2.75, 3.05) is 35.6 Å². The summed E-state index contributed by atoms with van der Waals surface area (Å²) in [5.74, 6) is 0.453. The molecule has 2 saturated heterocycles. The number of hydrogen-bond acceptors (Lipinski definition) is 7. The van der Waals surface area contributed by atoms with Gasteiger partial charge in [0.2, 0.25) is 5.95 Å². The van der Waals surface area contributed by atoms with Gasteiger partial charge in [-0.2, -0.15) is 0 Å². The predicted octanol–water partition coefficient (Wildman–Crippen LogP) is 3.76. The number of anilines is 3. The summed E-state index contributed by atoms with van der Waals surface area (Å²) in [6.45, 7) is 3.03. The third kappa shape index (κ3) is 3.88. The highest BCUT2D eigenvalue weighted by atomic mass is 32.1. The lowest BCUT2D eigenvalue weighted by molar-refractivity contribution is 0.102. The number of aromatic nitrogens is 2. The van der Waals surface area contributed by atoms with Crippen LogP contribution < -0.4 is 21.3 Å². The van der Waals surface area contributed by atoms with Gasteiger partial charge in [-0.05, 0) is 67.9 Å². The Morgan fingerprint density at radius 2 is 1.97 bits per heavy atom. The molecule has 3 aromatic rings. The molecule has 2 aliphatic rings. The number of nitrogens with one attached hydrogen (secondary N) is 2. The fourth-order valence-corrected chi connectivity index (χ4v) is 5.42. The molecule has 0 aliphatic carbocycles. The fourth-order valence-electron chi connectivity index (χ4n) is 4.70. The number of hydrogen-bond donors (Lipinski definition) is 3. The van der Waals surface area contributed by atoms with Gasteiger partial charge in [-0.15, -0.1) is 11.3 Å². The molecule has 2 aromatic heterocycles. The van der Waals surface area contributed by atoms with Crippen molar-refractivity contribution in [2.24, 2.45) is 0 Å². The average Bonchev–Trinajstić information content (AvgIpc) is 3.47. The summed E-state index contributed by atoms with van der Waals surface area (Å²) >= 11 is 1.65. The SMILES string of the molecule is Nc1ccc(-c2cccs2)cc1NC(=O)c1cnc(N2CCCC23CCNCC3)nc1. The molecule has 1 amide bonds. The molecule has 0 radical (unpaired) electrons. The van der Waals surface area contributed by atoms with Crippen LogP contribution in [0.15, 0.2) is 48.1 Å². The van der Waals surface area contributed by atoms with Crippen molar-refractivity contribution in [1.82, 2.24) is 15.3 Å². The number of nitrogens with two attached hydrogens (primary N) is 1. The second-order valence-corrected chi connectivity index (χ2v) is 9.18. The van der Waals surface area contributed by atoms with Gasteiger partial charge in [0.05, 0.1) is 16.9 Å². The first-order chi connectivity index (χ1) is 15.1. The molecule has 4 heterocycles. The molecule has 8 heteroatoms. The molecule has 1 aromatic carbocycles. The van der Waals surface area contributed by atoms with Crippen LogP contribution >= 0.6 is 11.3 Å². The minimum absolute atomic E-state index is 0.158. The number of carbonyl (C=O) groups excluding carboxylic acids is 1. The normalized spacial score (nSPS) is 17.7. The van der Waals surface area contributed by atoms with Crippen molar-refractivity contribution in [2.45, 2.75) is 31.2 Å². The fraction of sp³-hybridized carbons (Fsp3) is 0.348. The third-order valence-corrected chi connectivity index (χ3v) is 7.30. The quantitative estimate of drug-likeness (QED) is 0.541. The molecule has 0 bridgehead atoms. The zero-order valence-electron chi connectivity index (χ0n) is 17.3. The Hall–Kier alpha value is -2.97. The van der Waals surface area contributed by atoms with Gasteiger partial charge in [-0.1, -0.05) is 12.1 Å². The molecule has 1 spiro atoms. The van der Waals surface area contributed by atoms with E-state index >= 15 is 0 Å². The van der Waals surface area contributed by atoms with E-state index in [0.29, 0.717) is 16.9 Å². The summed E-state index contributed by atoms with van der Waals surface area (Å²) in [4.78, 5) is 25.4. The van der Waals surface area contributed by atoms with Crippen molar-refractivity contribution in [3.63, 3.8) is 0 Å². The van der Waals surface area contributed by atoms with E-state index in [1.807, 2.05) is 35.7 Å². The second kappa shape index (κ2) is 8.28. The maximum absolute atomic E-state index is 12.8. The van der Waals surface area contributed by atoms with Crippen molar-refractivity contribution < 1.29 is 4.79 Å². The summed E-state index contributed by atoms with van der Waals surface area (Å²) < 4.78 is 0. The second-order valence-electron chi connectivity index (χ2n) is 8.23. The number of thiophene rings is 1. The molecular weight excluding hydrogens is 408 g/mol. The van der Waals surface area contributed by atoms with Crippen LogP contribution in [0.25, 0.3) is 10.4 Å². The minimum atomic E-state index is -0.264. The van der Waals surface area contributed by atoms with Crippen LogP contribution in [-0.2, 0) is 0 Å². The molecule has 4 N–H and O–H groups in total. The highest BCUT2D eigenvalue weighted by molar-refractivity contribution is 7.13. The van der Waals surface area contributed by atoms with E-state index in [2.05, 4.69) is 25.5 Å². The number of carbonyl (C=O) groups is 1. The zero-order chi connectivity index (χ0) is 21.3. The van der Waals surface area contributed by atoms with Crippen molar-refractivity contribution in [3.8, 4) is 10.4 Å². The van der Waals surface area contributed by atoms with Crippen LogP contribution in [0.2, 0.25) is 0 Å². The number of nitrogen functional groups attached to an aromatic ring is 1. The van der Waals surface area contributed by atoms with E-state index in [1.165, 1.54) is 6.42 Å². The first kappa shape index (κ1) is 20.0. The van der Waals surface area contributed by atoms with Crippen molar-refractivity contribution in [1.29, 1.82) is 0 Å². The van der Waals surface area contributed by atoms with E-state index in [-0.39, 0.29) is 11.4 Å². The van der Waals surface area contributed by atoms with Crippen molar-refractivity contribution >= 4 is 34.6 Å². The molecule has 2 fully saturated rings. The van der Waals surface area contributed by atoms with Crippen LogP contribution in [0, 0.1) is 0 Å². The highest BCUT2D eigenvalue weighted by Crippen LogP contribution is 2.38. The maximum Gasteiger partial charge on any atom is 0.258 e. The van der Waals surface area contributed by atoms with Gasteiger partial charge in [0, 0.05) is 29.4 Å². The average molecular weight is 435 g/mol. The monoisotopic (exact) mass is 434 g/mol. The van der Waals surface area contributed by atoms with E-state index in [0.717, 1.165) is 55.3 Å². The number of amides is 1. The van der Waals surface area contributed by atoms with Crippen molar-refractivity contribution in [3.05, 3.63) is 53.7 Å². The van der Waals surface area contributed by atoms with Gasteiger partial charge in [0.1, 0.15) is 0 Å². The van der Waals surface area contributed by atoms with Crippen LogP contribution in [0.5, 0.6) is 0 Å². The molecule has 0 atom stereocenters. The lowest BCUT2D eigenvalue weighted by Crippen LogP contribution is -2.51. The van der Waals surface area contributed by atoms with E-state index in [1.54, 1.807) is 23.7 Å². The predicted molar refractivity (Wildman–Crippen MR) is 126 cm³/mol. The lowest BCUT2D eigenvalue weighted by Gasteiger charge is -2.41. The molecule has 5 rings (SSSR count). The first-order valence-corrected chi connectivity index (χ1v) is 11.6. The number of nitrogens with zero attached hydrogens (tertiary/aromatic N) is 3. The molecule has 0 saturated carbocycles. The summed E-state index contributed by atoms with van der Waals surface area (Å²) in [7, 11) is 0. The summed E-state index contributed by atoms with van der Waals surface area (Å²) in [5, 5.41) is 8.38. The van der Waals surface area contributed by atoms with Gasteiger partial charge in [0.25, 0.3) is 5.91 Å². The van der Waals surface area contributed by atoms with Crippen LogP contribution in [0.4, 0.5) is 17.3 Å². The van der Waals surface area contributed by atoms with E-state index in [9.17, 15) is 4.79 Å². The Kier molecular flexibility index (Phi) is 5.33. The Morgan fingerprint density at radius 1 is 1.16 bits per heavy atom. The van der Waals surface area contributed by atoms with Crippen LogP contribution in [0.1, 0.15) is 36.0 Å². The maximum atomic E-state index is 12.8. The van der Waals surface area contributed by atoms with Gasteiger partial charge in [-0.25, -0.2) is 9.97 Å². The zero-order valence-corrected chi connectivity index (χ0v) is 18.1. The lowest BCUT2D eigenvalue weighted by atomic mass is 9.86. The molecule has 2 aliphatic heterocycles. The summed E-state index contributed by atoms with van der Waals surface area (Å²) in [6, 6.07) is 9.72.